The van der Waals surface area contributed by atoms with E-state index in [2.05, 4.69) is 25.0 Å². The van der Waals surface area contributed by atoms with Crippen LogP contribution in [0.3, 0.4) is 0 Å². The number of benzene rings is 1. The van der Waals surface area contributed by atoms with E-state index < -0.39 is 5.41 Å². The Hall–Kier alpha value is -3.49. The summed E-state index contributed by atoms with van der Waals surface area (Å²) >= 11 is 0. The number of anilines is 1. The first-order chi connectivity index (χ1) is 15.5. The quantitative estimate of drug-likeness (QED) is 0.605. The SMILES string of the molecule is COc1cc(C)nc(N2CCC3(CCN(Cc4ccccc4-c4nc(C)no4)C3=O)C2)n1. The van der Waals surface area contributed by atoms with E-state index in [1.54, 1.807) is 20.1 Å². The van der Waals surface area contributed by atoms with Gasteiger partial charge in [-0.1, -0.05) is 23.4 Å². The maximum atomic E-state index is 13.5. The third-order valence-electron chi connectivity index (χ3n) is 6.40. The fraction of sp³-hybridized carbons (Fsp3) is 0.435. The highest BCUT2D eigenvalue weighted by molar-refractivity contribution is 5.86. The zero-order chi connectivity index (χ0) is 22.3. The van der Waals surface area contributed by atoms with Gasteiger partial charge in [-0.15, -0.1) is 0 Å². The van der Waals surface area contributed by atoms with E-state index in [1.807, 2.05) is 36.1 Å². The number of hydrogen-bond acceptors (Lipinski definition) is 8. The van der Waals surface area contributed by atoms with Gasteiger partial charge in [-0.05, 0) is 38.3 Å². The van der Waals surface area contributed by atoms with Crippen LogP contribution in [0.2, 0.25) is 0 Å². The van der Waals surface area contributed by atoms with Crippen molar-refractivity contribution in [2.75, 3.05) is 31.6 Å². The van der Waals surface area contributed by atoms with Crippen LogP contribution < -0.4 is 9.64 Å². The highest BCUT2D eigenvalue weighted by Gasteiger charge is 2.51. The summed E-state index contributed by atoms with van der Waals surface area (Å²) in [4.78, 5) is 31.0. The summed E-state index contributed by atoms with van der Waals surface area (Å²) in [5.41, 5.74) is 2.33. The van der Waals surface area contributed by atoms with Crippen molar-refractivity contribution < 1.29 is 14.1 Å². The summed E-state index contributed by atoms with van der Waals surface area (Å²) < 4.78 is 10.7. The number of aromatic nitrogens is 4. The molecule has 0 N–H and O–H groups in total. The van der Waals surface area contributed by atoms with Crippen LogP contribution in [0.15, 0.2) is 34.9 Å². The molecule has 0 radical (unpaired) electrons. The molecule has 2 aliphatic rings. The standard InChI is InChI=1S/C23H26N6O3/c1-15-12-19(31-3)26-22(24-15)29-11-9-23(14-29)8-10-28(21(23)30)13-17-6-4-5-7-18(17)20-25-16(2)27-32-20/h4-7,12H,8-11,13-14H2,1-3H3. The topological polar surface area (TPSA) is 97.5 Å². The maximum absolute atomic E-state index is 13.5. The molecule has 32 heavy (non-hydrogen) atoms. The smallest absolute Gasteiger partial charge is 0.258 e. The second-order valence-corrected chi connectivity index (χ2v) is 8.58. The summed E-state index contributed by atoms with van der Waals surface area (Å²) in [6, 6.07) is 9.69. The van der Waals surface area contributed by atoms with Crippen LogP contribution in [0.25, 0.3) is 11.5 Å². The minimum atomic E-state index is -0.392. The number of ether oxygens (including phenoxy) is 1. The van der Waals surface area contributed by atoms with Crippen LogP contribution in [-0.2, 0) is 11.3 Å². The average Bonchev–Trinajstić information content (AvgIpc) is 3.50. The normalized spacial score (nSPS) is 20.5. The molecule has 2 aromatic heterocycles. The van der Waals surface area contributed by atoms with Gasteiger partial charge >= 0.3 is 0 Å². The Balaban J connectivity index is 1.34. The minimum absolute atomic E-state index is 0.191. The van der Waals surface area contributed by atoms with Gasteiger partial charge in [0.25, 0.3) is 5.89 Å². The zero-order valence-corrected chi connectivity index (χ0v) is 18.5. The zero-order valence-electron chi connectivity index (χ0n) is 18.5. The van der Waals surface area contributed by atoms with Gasteiger partial charge in [-0.2, -0.15) is 9.97 Å². The largest absolute Gasteiger partial charge is 0.481 e. The Morgan fingerprint density at radius 3 is 2.72 bits per heavy atom. The van der Waals surface area contributed by atoms with E-state index >= 15 is 0 Å². The van der Waals surface area contributed by atoms with Crippen molar-refractivity contribution in [1.29, 1.82) is 0 Å². The van der Waals surface area contributed by atoms with Crippen LogP contribution in [0, 0.1) is 19.3 Å². The number of hydrogen-bond donors (Lipinski definition) is 0. The van der Waals surface area contributed by atoms with Crippen molar-refractivity contribution in [2.45, 2.75) is 33.2 Å². The fourth-order valence-electron chi connectivity index (χ4n) is 4.71. The van der Waals surface area contributed by atoms with Crippen LogP contribution in [0.4, 0.5) is 5.95 Å². The first kappa shape index (κ1) is 20.4. The lowest BCUT2D eigenvalue weighted by atomic mass is 9.85. The van der Waals surface area contributed by atoms with Crippen molar-refractivity contribution in [3.8, 4) is 17.3 Å². The van der Waals surface area contributed by atoms with Crippen molar-refractivity contribution in [3.63, 3.8) is 0 Å². The predicted octanol–water partition coefficient (Wildman–Crippen LogP) is 2.78. The first-order valence-electron chi connectivity index (χ1n) is 10.8. The molecule has 2 saturated heterocycles. The Morgan fingerprint density at radius 1 is 1.12 bits per heavy atom. The Kier molecular flexibility index (Phi) is 5.03. The summed E-state index contributed by atoms with van der Waals surface area (Å²) in [7, 11) is 1.60. The first-order valence-corrected chi connectivity index (χ1v) is 10.8. The van der Waals surface area contributed by atoms with Crippen molar-refractivity contribution in [1.82, 2.24) is 25.0 Å². The third-order valence-corrected chi connectivity index (χ3v) is 6.40. The monoisotopic (exact) mass is 434 g/mol. The van der Waals surface area contributed by atoms with E-state index in [4.69, 9.17) is 9.26 Å². The molecule has 1 aromatic carbocycles. The molecule has 9 heteroatoms. The number of carbonyl (C=O) groups excluding carboxylic acids is 1. The molecule has 0 aliphatic carbocycles. The third kappa shape index (κ3) is 3.57. The van der Waals surface area contributed by atoms with E-state index in [1.165, 1.54) is 0 Å². The number of rotatable bonds is 5. The lowest BCUT2D eigenvalue weighted by Gasteiger charge is -2.24. The molecule has 2 fully saturated rings. The molecule has 0 bridgehead atoms. The van der Waals surface area contributed by atoms with E-state index in [0.717, 1.165) is 42.8 Å². The number of methoxy groups -OCH3 is 1. The fourth-order valence-corrected chi connectivity index (χ4v) is 4.71. The van der Waals surface area contributed by atoms with Gasteiger partial charge in [0.1, 0.15) is 0 Å². The minimum Gasteiger partial charge on any atom is -0.481 e. The van der Waals surface area contributed by atoms with Crippen LogP contribution >= 0.6 is 0 Å². The predicted molar refractivity (Wildman–Crippen MR) is 117 cm³/mol. The molecule has 3 aromatic rings. The van der Waals surface area contributed by atoms with Crippen LogP contribution in [-0.4, -0.2) is 57.7 Å². The molecule has 0 saturated carbocycles. The van der Waals surface area contributed by atoms with Gasteiger partial charge in [-0.3, -0.25) is 4.79 Å². The molecule has 166 valence electrons. The highest BCUT2D eigenvalue weighted by atomic mass is 16.5. The number of carbonyl (C=O) groups is 1. The lowest BCUT2D eigenvalue weighted by Crippen LogP contribution is -2.37. The number of nitrogens with zero attached hydrogens (tertiary/aromatic N) is 6. The lowest BCUT2D eigenvalue weighted by molar-refractivity contribution is -0.135. The molecule has 5 rings (SSSR count). The molecular formula is C23H26N6O3. The molecule has 4 heterocycles. The summed E-state index contributed by atoms with van der Waals surface area (Å²) in [5, 5.41) is 3.90. The molecule has 9 nitrogen and oxygen atoms in total. The molecule has 2 aliphatic heterocycles. The van der Waals surface area contributed by atoms with Gasteiger partial charge in [0, 0.05) is 43.5 Å². The highest BCUT2D eigenvalue weighted by Crippen LogP contribution is 2.42. The molecule has 1 atom stereocenters. The second kappa shape index (κ2) is 7.89. The second-order valence-electron chi connectivity index (χ2n) is 8.58. The Morgan fingerprint density at radius 2 is 1.94 bits per heavy atom. The van der Waals surface area contributed by atoms with E-state index in [0.29, 0.717) is 36.6 Å². The van der Waals surface area contributed by atoms with E-state index in [9.17, 15) is 4.79 Å². The van der Waals surface area contributed by atoms with E-state index in [-0.39, 0.29) is 5.91 Å². The van der Waals surface area contributed by atoms with Crippen molar-refractivity contribution >= 4 is 11.9 Å². The number of amides is 1. The van der Waals surface area contributed by atoms with Crippen molar-refractivity contribution in [3.05, 3.63) is 47.4 Å². The van der Waals surface area contributed by atoms with Gasteiger partial charge in [0.15, 0.2) is 5.82 Å². The maximum Gasteiger partial charge on any atom is 0.258 e. The number of aryl methyl sites for hydroxylation is 2. The van der Waals surface area contributed by atoms with Crippen molar-refractivity contribution in [2.24, 2.45) is 5.41 Å². The van der Waals surface area contributed by atoms with Gasteiger partial charge in [0.05, 0.1) is 12.5 Å². The van der Waals surface area contributed by atoms with Crippen LogP contribution in [0.1, 0.15) is 29.9 Å². The average molecular weight is 435 g/mol. The van der Waals surface area contributed by atoms with Gasteiger partial charge < -0.3 is 19.1 Å². The summed E-state index contributed by atoms with van der Waals surface area (Å²) in [5.74, 6) is 2.43. The molecule has 1 unspecified atom stereocenters. The van der Waals surface area contributed by atoms with Gasteiger partial charge in [0.2, 0.25) is 17.7 Å². The Labute approximate surface area is 186 Å². The molecule has 1 spiro atoms. The van der Waals surface area contributed by atoms with Gasteiger partial charge in [-0.25, -0.2) is 4.98 Å². The Bertz CT molecular complexity index is 1160. The van der Waals surface area contributed by atoms with Crippen LogP contribution in [0.5, 0.6) is 5.88 Å². The molecular weight excluding hydrogens is 408 g/mol. The summed E-state index contributed by atoms with van der Waals surface area (Å²) in [6.07, 6.45) is 1.62. The molecule has 1 amide bonds. The summed E-state index contributed by atoms with van der Waals surface area (Å²) in [6.45, 7) is 6.34. The number of likely N-dealkylation sites (tertiary alicyclic amines) is 1.